The van der Waals surface area contributed by atoms with Crippen molar-refractivity contribution < 1.29 is 14.3 Å². The molecule has 2 N–H and O–H groups in total. The molecule has 1 saturated heterocycles. The molecule has 0 aromatic heterocycles. The molecule has 16 heavy (non-hydrogen) atoms. The minimum Gasteiger partial charge on any atom is -0.378 e. The van der Waals surface area contributed by atoms with Gasteiger partial charge in [-0.3, -0.25) is 4.79 Å². The Morgan fingerprint density at radius 1 is 1.56 bits per heavy atom. The number of hydrogen-bond donors (Lipinski definition) is 2. The van der Waals surface area contributed by atoms with Crippen molar-refractivity contribution in [2.24, 2.45) is 0 Å². The first-order valence-electron chi connectivity index (χ1n) is 5.87. The molecule has 2 aliphatic rings. The number of methoxy groups -OCH3 is 1. The van der Waals surface area contributed by atoms with Gasteiger partial charge in [0.05, 0.1) is 13.2 Å². The van der Waals surface area contributed by atoms with Gasteiger partial charge in [-0.15, -0.1) is 0 Å². The van der Waals surface area contributed by atoms with Crippen LogP contribution in [0.2, 0.25) is 0 Å². The summed E-state index contributed by atoms with van der Waals surface area (Å²) in [6, 6.07) is 0.567. The first-order valence-corrected chi connectivity index (χ1v) is 5.87. The molecule has 0 spiro atoms. The lowest BCUT2D eigenvalue weighted by Crippen LogP contribution is -2.47. The highest BCUT2D eigenvalue weighted by Gasteiger charge is 2.35. The van der Waals surface area contributed by atoms with Gasteiger partial charge in [0.1, 0.15) is 5.60 Å². The summed E-state index contributed by atoms with van der Waals surface area (Å²) >= 11 is 0. The quantitative estimate of drug-likeness (QED) is 0.653. The molecule has 0 aromatic carbocycles. The van der Waals surface area contributed by atoms with Crippen LogP contribution in [0, 0.1) is 0 Å². The largest absolute Gasteiger partial charge is 0.378 e. The van der Waals surface area contributed by atoms with E-state index in [4.69, 9.17) is 9.47 Å². The average molecular weight is 228 g/mol. The van der Waals surface area contributed by atoms with Crippen LogP contribution in [-0.2, 0) is 14.3 Å². The number of amides is 1. The van der Waals surface area contributed by atoms with Crippen LogP contribution in [0.25, 0.3) is 0 Å². The van der Waals surface area contributed by atoms with Crippen LogP contribution in [0.1, 0.15) is 19.3 Å². The molecule has 2 rings (SSSR count). The molecule has 1 atom stereocenters. The third-order valence-electron chi connectivity index (χ3n) is 3.24. The molecule has 5 nitrogen and oxygen atoms in total. The minimum absolute atomic E-state index is 0.0372. The second-order valence-corrected chi connectivity index (χ2v) is 4.62. The lowest BCUT2D eigenvalue weighted by molar-refractivity contribution is -0.122. The number of carbonyl (C=O) groups excluding carboxylic acids is 1. The van der Waals surface area contributed by atoms with Gasteiger partial charge in [0.2, 0.25) is 5.91 Å². The van der Waals surface area contributed by atoms with Crippen molar-refractivity contribution in [1.29, 1.82) is 0 Å². The number of ether oxygens (including phenoxy) is 2. The SMILES string of the molecule is COC1(CNC(=O)CNC2CC2)CCOC1. The van der Waals surface area contributed by atoms with Crippen molar-refractivity contribution in [2.75, 3.05) is 33.4 Å². The summed E-state index contributed by atoms with van der Waals surface area (Å²) in [4.78, 5) is 11.5. The second kappa shape index (κ2) is 5.12. The molecule has 0 aromatic rings. The summed E-state index contributed by atoms with van der Waals surface area (Å²) in [5, 5.41) is 6.07. The highest BCUT2D eigenvalue weighted by atomic mass is 16.5. The minimum atomic E-state index is -0.310. The van der Waals surface area contributed by atoms with Crippen LogP contribution >= 0.6 is 0 Å². The standard InChI is InChI=1S/C11H20N2O3/c1-15-11(4-5-16-8-11)7-13-10(14)6-12-9-2-3-9/h9,12H,2-8H2,1H3,(H,13,14). The molecular weight excluding hydrogens is 208 g/mol. The van der Waals surface area contributed by atoms with Crippen LogP contribution in [-0.4, -0.2) is 51.0 Å². The molecule has 1 amide bonds. The van der Waals surface area contributed by atoms with E-state index in [9.17, 15) is 4.79 Å². The molecule has 0 bridgehead atoms. The lowest BCUT2D eigenvalue weighted by Gasteiger charge is -2.25. The van der Waals surface area contributed by atoms with E-state index in [0.717, 1.165) is 6.42 Å². The fraction of sp³-hybridized carbons (Fsp3) is 0.909. The van der Waals surface area contributed by atoms with Gasteiger partial charge in [0.15, 0.2) is 0 Å². The Bertz CT molecular complexity index is 248. The van der Waals surface area contributed by atoms with Crippen molar-refractivity contribution in [3.8, 4) is 0 Å². The zero-order chi connectivity index (χ0) is 11.4. The molecule has 1 saturated carbocycles. The van der Waals surface area contributed by atoms with Crippen molar-refractivity contribution in [3.63, 3.8) is 0 Å². The van der Waals surface area contributed by atoms with Crippen LogP contribution in [0.5, 0.6) is 0 Å². The third-order valence-corrected chi connectivity index (χ3v) is 3.24. The molecule has 1 unspecified atom stereocenters. The fourth-order valence-electron chi connectivity index (χ4n) is 1.81. The topological polar surface area (TPSA) is 59.6 Å². The first kappa shape index (κ1) is 11.8. The molecule has 0 radical (unpaired) electrons. The molecule has 1 aliphatic carbocycles. The second-order valence-electron chi connectivity index (χ2n) is 4.62. The van der Waals surface area contributed by atoms with Gasteiger partial charge in [-0.1, -0.05) is 0 Å². The lowest BCUT2D eigenvalue weighted by atomic mass is 10.0. The number of rotatable bonds is 6. The maximum Gasteiger partial charge on any atom is 0.234 e. The van der Waals surface area contributed by atoms with Crippen LogP contribution in [0.15, 0.2) is 0 Å². The van der Waals surface area contributed by atoms with Gasteiger partial charge in [-0.05, 0) is 12.8 Å². The van der Waals surface area contributed by atoms with Gasteiger partial charge in [-0.25, -0.2) is 0 Å². The number of carbonyl (C=O) groups is 1. The van der Waals surface area contributed by atoms with Gasteiger partial charge < -0.3 is 20.1 Å². The smallest absolute Gasteiger partial charge is 0.234 e. The highest BCUT2D eigenvalue weighted by Crippen LogP contribution is 2.21. The zero-order valence-corrected chi connectivity index (χ0v) is 9.75. The van der Waals surface area contributed by atoms with E-state index in [-0.39, 0.29) is 11.5 Å². The highest BCUT2D eigenvalue weighted by molar-refractivity contribution is 5.78. The van der Waals surface area contributed by atoms with Gasteiger partial charge in [0.25, 0.3) is 0 Å². The summed E-state index contributed by atoms with van der Waals surface area (Å²) in [7, 11) is 1.67. The number of hydrogen-bond acceptors (Lipinski definition) is 4. The Morgan fingerprint density at radius 3 is 2.94 bits per heavy atom. The van der Waals surface area contributed by atoms with Crippen molar-refractivity contribution in [2.45, 2.75) is 30.9 Å². The van der Waals surface area contributed by atoms with Crippen LogP contribution in [0.4, 0.5) is 0 Å². The summed E-state index contributed by atoms with van der Waals surface area (Å²) in [5.74, 6) is 0.0372. The molecule has 1 heterocycles. The Balaban J connectivity index is 1.66. The normalized spacial score (nSPS) is 29.3. The van der Waals surface area contributed by atoms with Gasteiger partial charge in [0, 0.05) is 32.7 Å². The maximum atomic E-state index is 11.5. The Kier molecular flexibility index (Phi) is 3.78. The summed E-state index contributed by atoms with van der Waals surface area (Å²) in [6.07, 6.45) is 3.24. The predicted octanol–water partition coefficient (Wildman–Crippen LogP) is -0.340. The monoisotopic (exact) mass is 228 g/mol. The van der Waals surface area contributed by atoms with Crippen molar-refractivity contribution >= 4 is 5.91 Å². The van der Waals surface area contributed by atoms with Gasteiger partial charge >= 0.3 is 0 Å². The summed E-state index contributed by atoms with van der Waals surface area (Å²) in [5.41, 5.74) is -0.310. The van der Waals surface area contributed by atoms with Crippen LogP contribution in [0.3, 0.4) is 0 Å². The first-order chi connectivity index (χ1) is 7.74. The Labute approximate surface area is 95.9 Å². The van der Waals surface area contributed by atoms with E-state index in [1.54, 1.807) is 7.11 Å². The fourth-order valence-corrected chi connectivity index (χ4v) is 1.81. The Hall–Kier alpha value is -0.650. The van der Waals surface area contributed by atoms with Crippen molar-refractivity contribution in [1.82, 2.24) is 10.6 Å². The van der Waals surface area contributed by atoms with Gasteiger partial charge in [-0.2, -0.15) is 0 Å². The predicted molar refractivity (Wildman–Crippen MR) is 59.2 cm³/mol. The molecule has 2 fully saturated rings. The number of nitrogens with one attached hydrogen (secondary N) is 2. The van der Waals surface area contributed by atoms with E-state index in [2.05, 4.69) is 10.6 Å². The molecular formula is C11H20N2O3. The summed E-state index contributed by atoms with van der Waals surface area (Å²) in [6.45, 7) is 2.23. The van der Waals surface area contributed by atoms with E-state index in [1.165, 1.54) is 12.8 Å². The zero-order valence-electron chi connectivity index (χ0n) is 9.75. The maximum absolute atomic E-state index is 11.5. The van der Waals surface area contributed by atoms with E-state index in [0.29, 0.717) is 32.3 Å². The van der Waals surface area contributed by atoms with E-state index in [1.807, 2.05) is 0 Å². The summed E-state index contributed by atoms with van der Waals surface area (Å²) < 4.78 is 10.7. The third kappa shape index (κ3) is 3.17. The average Bonchev–Trinajstić information content (AvgIpc) is 3.02. The van der Waals surface area contributed by atoms with Crippen molar-refractivity contribution in [3.05, 3.63) is 0 Å². The molecule has 1 aliphatic heterocycles. The van der Waals surface area contributed by atoms with E-state index < -0.39 is 0 Å². The van der Waals surface area contributed by atoms with E-state index >= 15 is 0 Å². The molecule has 92 valence electrons. The van der Waals surface area contributed by atoms with Crippen LogP contribution < -0.4 is 10.6 Å². The molecule has 5 heteroatoms. The Morgan fingerprint density at radius 2 is 2.38 bits per heavy atom.